The number of hydrogen-bond acceptors (Lipinski definition) is 5. The lowest BCUT2D eigenvalue weighted by Crippen LogP contribution is -2.46. The first-order valence-corrected chi connectivity index (χ1v) is 9.94. The number of likely N-dealkylation sites (tertiary alicyclic amines) is 1. The lowest BCUT2D eigenvalue weighted by atomic mass is 9.95. The van der Waals surface area contributed by atoms with Crippen molar-refractivity contribution in [1.29, 1.82) is 0 Å². The summed E-state index contributed by atoms with van der Waals surface area (Å²) in [6.45, 7) is 1.76. The fourth-order valence-electron chi connectivity index (χ4n) is 3.29. The van der Waals surface area contributed by atoms with Gasteiger partial charge >= 0.3 is 0 Å². The van der Waals surface area contributed by atoms with Crippen LogP contribution in [0.2, 0.25) is 0 Å². The van der Waals surface area contributed by atoms with Crippen molar-refractivity contribution in [3.8, 4) is 0 Å². The van der Waals surface area contributed by atoms with Gasteiger partial charge < -0.3 is 16.0 Å². The minimum atomic E-state index is -0.241. The van der Waals surface area contributed by atoms with Crippen molar-refractivity contribution in [2.45, 2.75) is 12.8 Å². The van der Waals surface area contributed by atoms with Crippen molar-refractivity contribution in [2.24, 2.45) is 11.7 Å². The van der Waals surface area contributed by atoms with Gasteiger partial charge in [-0.1, -0.05) is 24.3 Å². The van der Waals surface area contributed by atoms with Crippen molar-refractivity contribution in [1.82, 2.24) is 10.2 Å². The highest BCUT2D eigenvalue weighted by atomic mass is 32.1. The first-order chi connectivity index (χ1) is 13.1. The van der Waals surface area contributed by atoms with Gasteiger partial charge in [0.15, 0.2) is 0 Å². The number of carbonyl (C=O) groups excluding carboxylic acids is 3. The van der Waals surface area contributed by atoms with Crippen LogP contribution >= 0.6 is 11.3 Å². The topological polar surface area (TPSA) is 92.5 Å². The number of piperidine rings is 1. The molecule has 0 spiro atoms. The number of ketones is 1. The highest BCUT2D eigenvalue weighted by molar-refractivity contribution is 7.12. The molecular formula is C20H23N3O3S. The predicted molar refractivity (Wildman–Crippen MR) is 105 cm³/mol. The summed E-state index contributed by atoms with van der Waals surface area (Å²) in [5.41, 5.74) is 6.22. The van der Waals surface area contributed by atoms with Gasteiger partial charge in [0.25, 0.3) is 5.91 Å². The lowest BCUT2D eigenvalue weighted by molar-refractivity contribution is -0.126. The van der Waals surface area contributed by atoms with E-state index in [1.807, 2.05) is 11.4 Å². The van der Waals surface area contributed by atoms with Gasteiger partial charge in [-0.15, -0.1) is 11.3 Å². The summed E-state index contributed by atoms with van der Waals surface area (Å²) < 4.78 is 0. The Kier molecular flexibility index (Phi) is 6.36. The number of nitrogens with zero attached hydrogens (tertiary/aromatic N) is 1. The standard InChI is InChI=1S/C20H23N3O3S/c21-9-10-22-19(25)14-5-3-11-23(13-14)20(26)16-7-2-1-6-15(16)18(24)17-8-4-12-27-17/h1-2,4,6-8,12,14H,3,5,9-11,13,21H2,(H,22,25). The molecule has 2 amide bonds. The zero-order valence-electron chi connectivity index (χ0n) is 15.0. The maximum atomic E-state index is 13.1. The molecule has 1 aliphatic rings. The van der Waals surface area contributed by atoms with E-state index < -0.39 is 0 Å². The van der Waals surface area contributed by atoms with Gasteiger partial charge in [-0.05, 0) is 30.4 Å². The second kappa shape index (κ2) is 8.92. The zero-order valence-corrected chi connectivity index (χ0v) is 15.8. The average molecular weight is 385 g/mol. The van der Waals surface area contributed by atoms with Crippen LogP contribution in [0.1, 0.15) is 38.4 Å². The Morgan fingerprint density at radius 2 is 1.93 bits per heavy atom. The van der Waals surface area contributed by atoms with Crippen LogP contribution in [0.4, 0.5) is 0 Å². The van der Waals surface area contributed by atoms with E-state index in [4.69, 9.17) is 5.73 Å². The molecule has 1 atom stereocenters. The lowest BCUT2D eigenvalue weighted by Gasteiger charge is -2.32. The quantitative estimate of drug-likeness (QED) is 0.743. The number of hydrogen-bond donors (Lipinski definition) is 2. The fourth-order valence-corrected chi connectivity index (χ4v) is 3.97. The largest absolute Gasteiger partial charge is 0.355 e. The van der Waals surface area contributed by atoms with Crippen LogP contribution in [0.3, 0.4) is 0 Å². The number of nitrogens with one attached hydrogen (secondary N) is 1. The second-order valence-corrected chi connectivity index (χ2v) is 7.47. The molecule has 1 unspecified atom stereocenters. The zero-order chi connectivity index (χ0) is 19.2. The molecular weight excluding hydrogens is 362 g/mol. The molecule has 0 saturated carbocycles. The molecule has 7 heteroatoms. The Hall–Kier alpha value is -2.51. The highest BCUT2D eigenvalue weighted by Crippen LogP contribution is 2.23. The number of amides is 2. The number of benzene rings is 1. The van der Waals surface area contributed by atoms with E-state index in [1.165, 1.54) is 11.3 Å². The van der Waals surface area contributed by atoms with Crippen LogP contribution in [-0.2, 0) is 4.79 Å². The van der Waals surface area contributed by atoms with Crippen LogP contribution in [0.15, 0.2) is 41.8 Å². The Balaban J connectivity index is 1.78. The van der Waals surface area contributed by atoms with Crippen molar-refractivity contribution in [3.05, 3.63) is 57.8 Å². The SMILES string of the molecule is NCCNC(=O)C1CCCN(C(=O)c2ccccc2C(=O)c2cccs2)C1. The second-order valence-electron chi connectivity index (χ2n) is 6.52. The number of rotatable bonds is 6. The van der Waals surface area contributed by atoms with Crippen molar-refractivity contribution in [2.75, 3.05) is 26.2 Å². The van der Waals surface area contributed by atoms with Gasteiger partial charge in [0.05, 0.1) is 16.4 Å². The van der Waals surface area contributed by atoms with Gasteiger partial charge in [-0.25, -0.2) is 0 Å². The van der Waals surface area contributed by atoms with E-state index in [1.54, 1.807) is 35.2 Å². The molecule has 0 aliphatic carbocycles. The summed E-state index contributed by atoms with van der Waals surface area (Å²) in [4.78, 5) is 40.4. The molecule has 0 bridgehead atoms. The third kappa shape index (κ3) is 4.43. The van der Waals surface area contributed by atoms with Gasteiger partial charge in [0.2, 0.25) is 11.7 Å². The maximum absolute atomic E-state index is 13.1. The molecule has 3 rings (SSSR count). The molecule has 6 nitrogen and oxygen atoms in total. The molecule has 1 aromatic carbocycles. The third-order valence-electron chi connectivity index (χ3n) is 4.67. The molecule has 1 aliphatic heterocycles. The normalized spacial score (nSPS) is 16.8. The Morgan fingerprint density at radius 3 is 2.63 bits per heavy atom. The van der Waals surface area contributed by atoms with Gasteiger partial charge in [0, 0.05) is 31.7 Å². The monoisotopic (exact) mass is 385 g/mol. The maximum Gasteiger partial charge on any atom is 0.254 e. The Bertz CT molecular complexity index is 820. The summed E-state index contributed by atoms with van der Waals surface area (Å²) in [5.74, 6) is -0.662. The molecule has 1 saturated heterocycles. The van der Waals surface area contributed by atoms with E-state index in [9.17, 15) is 14.4 Å². The molecule has 0 radical (unpaired) electrons. The first kappa shape index (κ1) is 19.3. The molecule has 142 valence electrons. The molecule has 1 aromatic heterocycles. The molecule has 2 heterocycles. The number of thiophene rings is 1. The van der Waals surface area contributed by atoms with Gasteiger partial charge in [-0.3, -0.25) is 14.4 Å². The smallest absolute Gasteiger partial charge is 0.254 e. The van der Waals surface area contributed by atoms with Crippen molar-refractivity contribution in [3.63, 3.8) is 0 Å². The van der Waals surface area contributed by atoms with Gasteiger partial charge in [0.1, 0.15) is 0 Å². The van der Waals surface area contributed by atoms with Crippen LogP contribution < -0.4 is 11.1 Å². The average Bonchev–Trinajstić information content (AvgIpc) is 3.26. The predicted octanol–water partition coefficient (Wildman–Crippen LogP) is 1.91. The van der Waals surface area contributed by atoms with E-state index >= 15 is 0 Å². The Labute approximate surface area is 162 Å². The number of nitrogens with two attached hydrogens (primary N) is 1. The minimum Gasteiger partial charge on any atom is -0.355 e. The highest BCUT2D eigenvalue weighted by Gasteiger charge is 2.30. The third-order valence-corrected chi connectivity index (χ3v) is 5.54. The van der Waals surface area contributed by atoms with Crippen molar-refractivity contribution >= 4 is 28.9 Å². The Morgan fingerprint density at radius 1 is 1.15 bits per heavy atom. The molecule has 3 N–H and O–H groups in total. The van der Waals surface area contributed by atoms with Gasteiger partial charge in [-0.2, -0.15) is 0 Å². The molecule has 1 fully saturated rings. The summed E-state index contributed by atoms with van der Waals surface area (Å²) in [6.07, 6.45) is 1.50. The minimum absolute atomic E-state index is 0.0686. The fraction of sp³-hybridized carbons (Fsp3) is 0.350. The summed E-state index contributed by atoms with van der Waals surface area (Å²) in [5, 5.41) is 4.63. The van der Waals surface area contributed by atoms with Crippen LogP contribution in [0, 0.1) is 5.92 Å². The van der Waals surface area contributed by atoms with Crippen LogP contribution in [0.5, 0.6) is 0 Å². The van der Waals surface area contributed by atoms with E-state index in [-0.39, 0.29) is 23.5 Å². The molecule has 27 heavy (non-hydrogen) atoms. The van der Waals surface area contributed by atoms with E-state index in [2.05, 4.69) is 5.32 Å². The van der Waals surface area contributed by atoms with E-state index in [0.717, 1.165) is 12.8 Å². The van der Waals surface area contributed by atoms with Crippen LogP contribution in [0.25, 0.3) is 0 Å². The summed E-state index contributed by atoms with van der Waals surface area (Å²) in [7, 11) is 0. The van der Waals surface area contributed by atoms with E-state index in [0.29, 0.717) is 42.2 Å². The summed E-state index contributed by atoms with van der Waals surface area (Å²) >= 11 is 1.36. The summed E-state index contributed by atoms with van der Waals surface area (Å²) in [6, 6.07) is 10.5. The first-order valence-electron chi connectivity index (χ1n) is 9.06. The van der Waals surface area contributed by atoms with Crippen LogP contribution in [-0.4, -0.2) is 48.7 Å². The molecule has 2 aromatic rings. The number of carbonyl (C=O) groups is 3. The van der Waals surface area contributed by atoms with Crippen molar-refractivity contribution < 1.29 is 14.4 Å².